The molecule has 0 saturated carbocycles. The first-order valence-electron chi connectivity index (χ1n) is 11.8. The summed E-state index contributed by atoms with van der Waals surface area (Å²) >= 11 is 3.83. The molecule has 1 unspecified atom stereocenters. The Morgan fingerprint density at radius 2 is 1.97 bits per heavy atom. The quantitative estimate of drug-likeness (QED) is 0.461. The summed E-state index contributed by atoms with van der Waals surface area (Å²) in [6, 6.07) is 19.9. The van der Waals surface area contributed by atoms with Gasteiger partial charge in [-0.2, -0.15) is 0 Å². The Bertz CT molecular complexity index is 1120. The summed E-state index contributed by atoms with van der Waals surface area (Å²) in [5.41, 5.74) is 3.77. The maximum atomic E-state index is 5.29. The summed E-state index contributed by atoms with van der Waals surface area (Å²) in [6.45, 7) is 5.22. The lowest BCUT2D eigenvalue weighted by Crippen LogP contribution is -2.52. The molecule has 0 amide bonds. The second-order valence-corrected chi connectivity index (χ2v) is 11.1. The SMILES string of the molecule is CCCc1cc2c(s1)Sc1ccccc1N=C2N1CCNC(CCc2ccc(OC)cc2)C1. The lowest BCUT2D eigenvalue weighted by molar-refractivity contribution is 0.282. The minimum Gasteiger partial charge on any atom is -0.497 e. The van der Waals surface area contributed by atoms with Crippen LogP contribution >= 0.6 is 23.1 Å². The molecule has 1 saturated heterocycles. The second-order valence-electron chi connectivity index (χ2n) is 8.65. The molecule has 0 bridgehead atoms. The van der Waals surface area contributed by atoms with Crippen molar-refractivity contribution in [2.24, 2.45) is 4.99 Å². The molecule has 3 heterocycles. The summed E-state index contributed by atoms with van der Waals surface area (Å²) in [6.07, 6.45) is 4.48. The lowest BCUT2D eigenvalue weighted by atomic mass is 10.0. The Morgan fingerprint density at radius 3 is 2.79 bits per heavy atom. The van der Waals surface area contributed by atoms with E-state index in [2.05, 4.69) is 71.7 Å². The minimum atomic E-state index is 0.451. The minimum absolute atomic E-state index is 0.451. The van der Waals surface area contributed by atoms with Crippen molar-refractivity contribution in [1.29, 1.82) is 0 Å². The van der Waals surface area contributed by atoms with Crippen molar-refractivity contribution in [3.05, 3.63) is 70.6 Å². The van der Waals surface area contributed by atoms with Crippen molar-refractivity contribution >= 4 is 34.6 Å². The maximum absolute atomic E-state index is 5.29. The summed E-state index contributed by atoms with van der Waals surface area (Å²) in [7, 11) is 1.72. The highest BCUT2D eigenvalue weighted by Crippen LogP contribution is 2.44. The predicted octanol–water partition coefficient (Wildman–Crippen LogP) is 6.16. The summed E-state index contributed by atoms with van der Waals surface area (Å²) in [5, 5.41) is 3.74. The van der Waals surface area contributed by atoms with E-state index in [4.69, 9.17) is 9.73 Å². The zero-order valence-electron chi connectivity index (χ0n) is 19.3. The molecule has 0 aliphatic carbocycles. The van der Waals surface area contributed by atoms with Crippen LogP contribution in [0, 0.1) is 0 Å². The number of rotatable bonds is 6. The molecule has 5 rings (SSSR count). The number of fused-ring (bicyclic) bond motifs is 2. The molecule has 1 fully saturated rings. The topological polar surface area (TPSA) is 36.9 Å². The second kappa shape index (κ2) is 10.3. The average molecular weight is 478 g/mol. The molecule has 0 spiro atoms. The van der Waals surface area contributed by atoms with Crippen LogP contribution in [-0.4, -0.2) is 43.5 Å². The van der Waals surface area contributed by atoms with Crippen molar-refractivity contribution in [2.75, 3.05) is 26.7 Å². The van der Waals surface area contributed by atoms with Gasteiger partial charge in [0.05, 0.1) is 17.0 Å². The van der Waals surface area contributed by atoms with Crippen molar-refractivity contribution < 1.29 is 4.74 Å². The number of methoxy groups -OCH3 is 1. The van der Waals surface area contributed by atoms with E-state index in [1.54, 1.807) is 7.11 Å². The molecular weight excluding hydrogens is 446 g/mol. The molecule has 2 aromatic carbocycles. The molecular formula is C27H31N3OS2. The third-order valence-electron chi connectivity index (χ3n) is 6.28. The Labute approximate surface area is 205 Å². The van der Waals surface area contributed by atoms with Gasteiger partial charge >= 0.3 is 0 Å². The number of amidine groups is 1. The zero-order chi connectivity index (χ0) is 22.6. The van der Waals surface area contributed by atoms with Crippen LogP contribution < -0.4 is 10.1 Å². The largest absolute Gasteiger partial charge is 0.497 e. The summed E-state index contributed by atoms with van der Waals surface area (Å²) < 4.78 is 6.68. The number of ether oxygens (including phenoxy) is 1. The first-order chi connectivity index (χ1) is 16.2. The maximum Gasteiger partial charge on any atom is 0.138 e. The van der Waals surface area contributed by atoms with E-state index in [1.807, 2.05) is 23.1 Å². The number of benzene rings is 2. The number of para-hydroxylation sites is 1. The van der Waals surface area contributed by atoms with Gasteiger partial charge in [-0.1, -0.05) is 49.4 Å². The third kappa shape index (κ3) is 5.13. The zero-order valence-corrected chi connectivity index (χ0v) is 21.0. The molecule has 0 radical (unpaired) electrons. The highest BCUT2D eigenvalue weighted by molar-refractivity contribution is 8.01. The highest BCUT2D eigenvalue weighted by atomic mass is 32.2. The summed E-state index contributed by atoms with van der Waals surface area (Å²) in [4.78, 5) is 10.5. The predicted molar refractivity (Wildman–Crippen MR) is 140 cm³/mol. The Morgan fingerprint density at radius 1 is 1.12 bits per heavy atom. The van der Waals surface area contributed by atoms with Gasteiger partial charge in [0.2, 0.25) is 0 Å². The van der Waals surface area contributed by atoms with Gasteiger partial charge in [-0.3, -0.25) is 0 Å². The van der Waals surface area contributed by atoms with Gasteiger partial charge < -0.3 is 15.0 Å². The molecule has 33 heavy (non-hydrogen) atoms. The van der Waals surface area contributed by atoms with E-state index in [0.717, 1.165) is 56.2 Å². The first kappa shape index (κ1) is 22.5. The van der Waals surface area contributed by atoms with Gasteiger partial charge in [-0.15, -0.1) is 11.3 Å². The normalized spacial score (nSPS) is 17.7. The number of hydrogen-bond donors (Lipinski definition) is 1. The van der Waals surface area contributed by atoms with Crippen molar-refractivity contribution in [2.45, 2.75) is 47.8 Å². The van der Waals surface area contributed by atoms with Crippen molar-refractivity contribution in [3.8, 4) is 5.75 Å². The fourth-order valence-corrected chi connectivity index (χ4v) is 7.08. The first-order valence-corrected chi connectivity index (χ1v) is 13.5. The molecule has 2 aliphatic heterocycles. The average Bonchev–Trinajstić information content (AvgIpc) is 3.17. The molecule has 4 nitrogen and oxygen atoms in total. The molecule has 1 N–H and O–H groups in total. The van der Waals surface area contributed by atoms with E-state index >= 15 is 0 Å². The molecule has 3 aromatic rings. The van der Waals surface area contributed by atoms with Crippen molar-refractivity contribution in [3.63, 3.8) is 0 Å². The van der Waals surface area contributed by atoms with Crippen LogP contribution in [0.2, 0.25) is 0 Å². The van der Waals surface area contributed by atoms with E-state index in [0.29, 0.717) is 6.04 Å². The number of thiophene rings is 1. The fourth-order valence-electron chi connectivity index (χ4n) is 4.52. The number of aryl methyl sites for hydroxylation is 2. The number of hydrogen-bond acceptors (Lipinski definition) is 6. The molecule has 6 heteroatoms. The van der Waals surface area contributed by atoms with Crippen LogP contribution in [0.3, 0.4) is 0 Å². The van der Waals surface area contributed by atoms with Gasteiger partial charge in [-0.05, 0) is 55.2 Å². The smallest absolute Gasteiger partial charge is 0.138 e. The van der Waals surface area contributed by atoms with Gasteiger partial charge in [0.1, 0.15) is 11.6 Å². The molecule has 172 valence electrons. The molecule has 1 aromatic heterocycles. The van der Waals surface area contributed by atoms with Crippen LogP contribution in [0.15, 0.2) is 68.7 Å². The van der Waals surface area contributed by atoms with Crippen LogP contribution in [0.25, 0.3) is 0 Å². The van der Waals surface area contributed by atoms with Crippen LogP contribution in [0.5, 0.6) is 5.75 Å². The van der Waals surface area contributed by atoms with Gasteiger partial charge in [0.25, 0.3) is 0 Å². The fraction of sp³-hybridized carbons (Fsp3) is 0.370. The Kier molecular flexibility index (Phi) is 7.04. The van der Waals surface area contributed by atoms with Crippen LogP contribution in [0.1, 0.15) is 35.8 Å². The van der Waals surface area contributed by atoms with E-state index < -0.39 is 0 Å². The number of aliphatic imine (C=N–C) groups is 1. The van der Waals surface area contributed by atoms with Gasteiger partial charge in [0.15, 0.2) is 0 Å². The van der Waals surface area contributed by atoms with Crippen LogP contribution in [-0.2, 0) is 12.8 Å². The Balaban J connectivity index is 1.36. The lowest BCUT2D eigenvalue weighted by Gasteiger charge is -2.36. The molecule has 1 atom stereocenters. The Hall–Kier alpha value is -2.28. The monoisotopic (exact) mass is 477 g/mol. The third-order valence-corrected chi connectivity index (χ3v) is 8.74. The highest BCUT2D eigenvalue weighted by Gasteiger charge is 2.28. The van der Waals surface area contributed by atoms with Gasteiger partial charge in [0, 0.05) is 41.0 Å². The van der Waals surface area contributed by atoms with Crippen LogP contribution in [0.4, 0.5) is 5.69 Å². The van der Waals surface area contributed by atoms with E-state index in [9.17, 15) is 0 Å². The van der Waals surface area contributed by atoms with E-state index in [1.165, 1.54) is 31.5 Å². The van der Waals surface area contributed by atoms with E-state index in [-0.39, 0.29) is 0 Å². The molecule has 2 aliphatic rings. The standard InChI is InChI=1S/C27H31N3OS2/c1-3-6-22-17-23-26(29-24-7-4-5-8-25(24)33-27(23)32-22)30-16-15-28-20(18-30)12-9-19-10-13-21(31-2)14-11-19/h4-5,7-8,10-11,13-14,17,20,28H,3,6,9,12,15-16,18H2,1-2H3. The number of piperazine rings is 1. The summed E-state index contributed by atoms with van der Waals surface area (Å²) in [5.74, 6) is 2.07. The van der Waals surface area contributed by atoms with Gasteiger partial charge in [-0.25, -0.2) is 4.99 Å². The number of nitrogens with one attached hydrogen (secondary N) is 1. The van der Waals surface area contributed by atoms with Crippen molar-refractivity contribution in [1.82, 2.24) is 10.2 Å². The number of nitrogens with zero attached hydrogens (tertiary/aromatic N) is 2.